The molecule has 1 N–H and O–H groups in total. The fraction of sp³-hybridized carbons (Fsp3) is 1.00. The van der Waals surface area contributed by atoms with E-state index in [1.165, 1.54) is 51.7 Å². The second-order valence-corrected chi connectivity index (χ2v) is 4.65. The van der Waals surface area contributed by atoms with Gasteiger partial charge in [0.25, 0.3) is 0 Å². The maximum absolute atomic E-state index is 3.58. The minimum atomic E-state index is 0.876. The average Bonchev–Trinajstić information content (AvgIpc) is 2.14. The summed E-state index contributed by atoms with van der Waals surface area (Å²) in [6.45, 7) is 3.76. The molecular formula is C11H22N2. The van der Waals surface area contributed by atoms with Crippen LogP contribution in [0.3, 0.4) is 0 Å². The molecular weight excluding hydrogens is 160 g/mol. The molecule has 2 nitrogen and oxygen atoms in total. The molecule has 1 aliphatic carbocycles. The number of hydrogen-bond donors (Lipinski definition) is 1. The van der Waals surface area contributed by atoms with Gasteiger partial charge in [-0.3, -0.25) is 0 Å². The highest BCUT2D eigenvalue weighted by Gasteiger charge is 2.28. The van der Waals surface area contributed by atoms with Gasteiger partial charge in [-0.05, 0) is 51.9 Å². The van der Waals surface area contributed by atoms with Crippen molar-refractivity contribution in [2.45, 2.75) is 38.1 Å². The predicted octanol–water partition coefficient (Wildman–Crippen LogP) is 1.47. The Morgan fingerprint density at radius 1 is 1.15 bits per heavy atom. The van der Waals surface area contributed by atoms with Crippen LogP contribution >= 0.6 is 0 Å². The van der Waals surface area contributed by atoms with Crippen LogP contribution in [0.1, 0.15) is 32.1 Å². The fourth-order valence-electron chi connectivity index (χ4n) is 2.91. The Morgan fingerprint density at radius 2 is 2.00 bits per heavy atom. The van der Waals surface area contributed by atoms with Crippen molar-refractivity contribution in [1.82, 2.24) is 10.2 Å². The first kappa shape index (κ1) is 9.47. The number of nitrogens with one attached hydrogen (secondary N) is 1. The first-order valence-electron chi connectivity index (χ1n) is 5.79. The Morgan fingerprint density at radius 3 is 2.92 bits per heavy atom. The first-order chi connectivity index (χ1) is 6.38. The molecule has 76 valence electrons. The average molecular weight is 182 g/mol. The normalized spacial score (nSPS) is 37.6. The molecule has 1 saturated heterocycles. The van der Waals surface area contributed by atoms with Crippen molar-refractivity contribution in [1.29, 1.82) is 0 Å². The molecule has 2 rings (SSSR count). The maximum Gasteiger partial charge on any atom is 0.0133 e. The van der Waals surface area contributed by atoms with Crippen molar-refractivity contribution >= 4 is 0 Å². The molecule has 1 heterocycles. The summed E-state index contributed by atoms with van der Waals surface area (Å²) in [5.74, 6) is 0.930. The Bertz CT molecular complexity index is 158. The summed E-state index contributed by atoms with van der Waals surface area (Å²) in [6.07, 6.45) is 7.10. The van der Waals surface area contributed by atoms with E-state index >= 15 is 0 Å². The summed E-state index contributed by atoms with van der Waals surface area (Å²) in [4.78, 5) is 2.60. The highest BCUT2D eigenvalue weighted by atomic mass is 15.1. The lowest BCUT2D eigenvalue weighted by Gasteiger charge is -2.39. The van der Waals surface area contributed by atoms with E-state index in [1.54, 1.807) is 0 Å². The molecule has 13 heavy (non-hydrogen) atoms. The molecule has 0 amide bonds. The lowest BCUT2D eigenvalue weighted by molar-refractivity contribution is 0.116. The lowest BCUT2D eigenvalue weighted by atomic mass is 9.83. The molecule has 0 radical (unpaired) electrons. The van der Waals surface area contributed by atoms with Crippen molar-refractivity contribution in [2.24, 2.45) is 5.92 Å². The van der Waals surface area contributed by atoms with Gasteiger partial charge in [0.15, 0.2) is 0 Å². The summed E-state index contributed by atoms with van der Waals surface area (Å²) >= 11 is 0. The summed E-state index contributed by atoms with van der Waals surface area (Å²) in [6, 6.07) is 0.876. The van der Waals surface area contributed by atoms with E-state index in [4.69, 9.17) is 0 Å². The van der Waals surface area contributed by atoms with Crippen molar-refractivity contribution in [2.75, 3.05) is 26.7 Å². The van der Waals surface area contributed by atoms with Gasteiger partial charge in [0.2, 0.25) is 0 Å². The summed E-state index contributed by atoms with van der Waals surface area (Å²) in [7, 11) is 2.31. The Balaban J connectivity index is 1.98. The molecule has 0 aromatic heterocycles. The maximum atomic E-state index is 3.58. The van der Waals surface area contributed by atoms with E-state index in [9.17, 15) is 0 Å². The van der Waals surface area contributed by atoms with E-state index in [0.29, 0.717) is 0 Å². The second kappa shape index (κ2) is 4.43. The van der Waals surface area contributed by atoms with Crippen LogP contribution in [0.15, 0.2) is 0 Å². The van der Waals surface area contributed by atoms with Crippen LogP contribution in [0.2, 0.25) is 0 Å². The topological polar surface area (TPSA) is 15.3 Å². The Hall–Kier alpha value is -0.0800. The van der Waals surface area contributed by atoms with Crippen LogP contribution in [0.4, 0.5) is 0 Å². The molecule has 2 atom stereocenters. The van der Waals surface area contributed by atoms with Gasteiger partial charge in [-0.25, -0.2) is 0 Å². The van der Waals surface area contributed by atoms with Gasteiger partial charge in [0, 0.05) is 6.04 Å². The molecule has 2 aliphatic rings. The molecule has 2 unspecified atom stereocenters. The highest BCUT2D eigenvalue weighted by molar-refractivity contribution is 4.84. The van der Waals surface area contributed by atoms with Crippen LogP contribution in [-0.2, 0) is 0 Å². The van der Waals surface area contributed by atoms with Gasteiger partial charge in [-0.2, -0.15) is 0 Å². The van der Waals surface area contributed by atoms with Crippen LogP contribution in [0.5, 0.6) is 0 Å². The van der Waals surface area contributed by atoms with E-state index in [0.717, 1.165) is 12.0 Å². The molecule has 0 spiro atoms. The van der Waals surface area contributed by atoms with Crippen molar-refractivity contribution in [3.05, 3.63) is 0 Å². The number of fused-ring (bicyclic) bond motifs is 1. The van der Waals surface area contributed by atoms with Gasteiger partial charge >= 0.3 is 0 Å². The van der Waals surface area contributed by atoms with Gasteiger partial charge in [-0.1, -0.05) is 12.8 Å². The van der Waals surface area contributed by atoms with Crippen molar-refractivity contribution in [3.8, 4) is 0 Å². The van der Waals surface area contributed by atoms with Gasteiger partial charge in [0.1, 0.15) is 0 Å². The zero-order valence-corrected chi connectivity index (χ0v) is 8.76. The third-order valence-electron chi connectivity index (χ3n) is 3.71. The van der Waals surface area contributed by atoms with E-state index in [-0.39, 0.29) is 0 Å². The summed E-state index contributed by atoms with van der Waals surface area (Å²) in [5.41, 5.74) is 0. The van der Waals surface area contributed by atoms with E-state index in [2.05, 4.69) is 17.3 Å². The largest absolute Gasteiger partial charge is 0.316 e. The number of nitrogens with zero attached hydrogens (tertiary/aromatic N) is 1. The highest BCUT2D eigenvalue weighted by Crippen LogP contribution is 2.28. The van der Waals surface area contributed by atoms with Crippen LogP contribution in [0, 0.1) is 5.92 Å². The summed E-state index contributed by atoms with van der Waals surface area (Å²) in [5, 5.41) is 3.58. The monoisotopic (exact) mass is 182 g/mol. The lowest BCUT2D eigenvalue weighted by Crippen LogP contribution is -2.47. The molecule has 0 bridgehead atoms. The third-order valence-corrected chi connectivity index (χ3v) is 3.71. The molecule has 1 saturated carbocycles. The minimum absolute atomic E-state index is 0.876. The third kappa shape index (κ3) is 2.23. The minimum Gasteiger partial charge on any atom is -0.316 e. The first-order valence-corrected chi connectivity index (χ1v) is 5.79. The molecule has 0 aromatic rings. The zero-order chi connectivity index (χ0) is 9.10. The van der Waals surface area contributed by atoms with Crippen molar-refractivity contribution in [3.63, 3.8) is 0 Å². The quantitative estimate of drug-likeness (QED) is 0.610. The number of rotatable bonds is 0. The molecule has 1 aliphatic heterocycles. The van der Waals surface area contributed by atoms with E-state index in [1.807, 2.05) is 0 Å². The van der Waals surface area contributed by atoms with E-state index < -0.39 is 0 Å². The van der Waals surface area contributed by atoms with Crippen LogP contribution in [-0.4, -0.2) is 37.6 Å². The van der Waals surface area contributed by atoms with Crippen LogP contribution in [0.25, 0.3) is 0 Å². The van der Waals surface area contributed by atoms with Gasteiger partial charge in [0.05, 0.1) is 0 Å². The predicted molar refractivity (Wildman–Crippen MR) is 55.9 cm³/mol. The smallest absolute Gasteiger partial charge is 0.0133 e. The standard InChI is InChI=1S/C11H22N2/c1-13-8-4-7-12-9-10-5-2-3-6-11(10)13/h10-12H,2-9H2,1H3. The molecule has 2 fully saturated rings. The van der Waals surface area contributed by atoms with Gasteiger partial charge < -0.3 is 10.2 Å². The molecule has 0 aromatic carbocycles. The molecule has 2 heteroatoms. The zero-order valence-electron chi connectivity index (χ0n) is 8.76. The fourth-order valence-corrected chi connectivity index (χ4v) is 2.91. The summed E-state index contributed by atoms with van der Waals surface area (Å²) < 4.78 is 0. The Labute approximate surface area is 81.7 Å². The number of hydrogen-bond acceptors (Lipinski definition) is 2. The van der Waals surface area contributed by atoms with Crippen LogP contribution < -0.4 is 5.32 Å². The van der Waals surface area contributed by atoms with Crippen molar-refractivity contribution < 1.29 is 0 Å². The second-order valence-electron chi connectivity index (χ2n) is 4.65. The SMILES string of the molecule is CN1CCCNCC2CCCCC21. The Kier molecular flexibility index (Phi) is 3.23. The van der Waals surface area contributed by atoms with Gasteiger partial charge in [-0.15, -0.1) is 0 Å².